The van der Waals surface area contributed by atoms with E-state index in [2.05, 4.69) is 5.32 Å². The van der Waals surface area contributed by atoms with Crippen LogP contribution < -0.4 is 11.1 Å². The second-order valence-corrected chi connectivity index (χ2v) is 4.80. The average Bonchev–Trinajstić information content (AvgIpc) is 2.24. The zero-order valence-electron chi connectivity index (χ0n) is 9.13. The predicted octanol–water partition coefficient (Wildman–Crippen LogP) is 0.411. The molecule has 1 amide bonds. The second-order valence-electron chi connectivity index (χ2n) is 4.80. The molecule has 2 aliphatic rings. The summed E-state index contributed by atoms with van der Waals surface area (Å²) in [5.41, 5.74) is 5.36. The number of carbonyl (C=O) groups excluding carboxylic acids is 1. The lowest BCUT2D eigenvalue weighted by Gasteiger charge is -2.36. The van der Waals surface area contributed by atoms with E-state index in [1.807, 2.05) is 0 Å². The van der Waals surface area contributed by atoms with Gasteiger partial charge in [0.15, 0.2) is 0 Å². The van der Waals surface area contributed by atoms with Gasteiger partial charge in [0.1, 0.15) is 0 Å². The number of carbonyl (C=O) groups is 1. The second kappa shape index (κ2) is 4.49. The van der Waals surface area contributed by atoms with Gasteiger partial charge < -0.3 is 15.8 Å². The number of nitrogens with one attached hydrogen (secondary N) is 1. The summed E-state index contributed by atoms with van der Waals surface area (Å²) in [6.45, 7) is 2.36. The first kappa shape index (κ1) is 10.9. The number of rotatable bonds is 3. The van der Waals surface area contributed by atoms with Crippen molar-refractivity contribution in [2.24, 2.45) is 11.7 Å². The van der Waals surface area contributed by atoms with Crippen LogP contribution in [0.1, 0.15) is 32.1 Å². The van der Waals surface area contributed by atoms with Crippen molar-refractivity contribution in [1.82, 2.24) is 5.32 Å². The zero-order valence-corrected chi connectivity index (χ0v) is 9.13. The zero-order chi connectivity index (χ0) is 10.7. The van der Waals surface area contributed by atoms with Gasteiger partial charge in [-0.1, -0.05) is 0 Å². The van der Waals surface area contributed by atoms with Gasteiger partial charge in [-0.05, 0) is 38.0 Å². The fraction of sp³-hybridized carbons (Fsp3) is 0.909. The maximum absolute atomic E-state index is 11.7. The molecule has 15 heavy (non-hydrogen) atoms. The Balaban J connectivity index is 1.70. The molecular formula is C11H20N2O2. The number of hydrogen-bond acceptors (Lipinski definition) is 3. The Morgan fingerprint density at radius 1 is 1.47 bits per heavy atom. The van der Waals surface area contributed by atoms with Crippen LogP contribution in [0.5, 0.6) is 0 Å². The molecule has 1 heterocycles. The molecule has 0 radical (unpaired) electrons. The van der Waals surface area contributed by atoms with Crippen LogP contribution >= 0.6 is 0 Å². The van der Waals surface area contributed by atoms with Crippen molar-refractivity contribution in [3.63, 3.8) is 0 Å². The molecule has 1 saturated heterocycles. The van der Waals surface area contributed by atoms with Gasteiger partial charge in [0.2, 0.25) is 5.91 Å². The molecule has 0 spiro atoms. The highest BCUT2D eigenvalue weighted by molar-refractivity contribution is 5.86. The average molecular weight is 212 g/mol. The summed E-state index contributed by atoms with van der Waals surface area (Å²) in [5, 5.41) is 2.95. The van der Waals surface area contributed by atoms with Crippen molar-refractivity contribution in [1.29, 1.82) is 0 Å². The van der Waals surface area contributed by atoms with E-state index in [4.69, 9.17) is 10.5 Å². The lowest BCUT2D eigenvalue weighted by Crippen LogP contribution is -2.59. The molecule has 0 aromatic carbocycles. The Hall–Kier alpha value is -0.610. The SMILES string of the molecule is NC1(C(=O)NCC2CCCOC2)CCC1. The Morgan fingerprint density at radius 2 is 2.27 bits per heavy atom. The third-order valence-electron chi connectivity index (χ3n) is 3.50. The first-order valence-corrected chi connectivity index (χ1v) is 5.86. The topological polar surface area (TPSA) is 64.4 Å². The van der Waals surface area contributed by atoms with Crippen molar-refractivity contribution < 1.29 is 9.53 Å². The molecule has 4 nitrogen and oxygen atoms in total. The summed E-state index contributed by atoms with van der Waals surface area (Å²) < 4.78 is 5.36. The van der Waals surface area contributed by atoms with Crippen LogP contribution in [-0.4, -0.2) is 31.2 Å². The molecule has 3 N–H and O–H groups in total. The van der Waals surface area contributed by atoms with Gasteiger partial charge in [0, 0.05) is 13.2 Å². The summed E-state index contributed by atoms with van der Waals surface area (Å²) in [6.07, 6.45) is 5.00. The molecule has 86 valence electrons. The molecular weight excluding hydrogens is 192 g/mol. The van der Waals surface area contributed by atoms with Gasteiger partial charge in [-0.3, -0.25) is 4.79 Å². The van der Waals surface area contributed by atoms with Crippen LogP contribution in [0, 0.1) is 5.92 Å². The first-order chi connectivity index (χ1) is 7.21. The van der Waals surface area contributed by atoms with Crippen LogP contribution in [0.15, 0.2) is 0 Å². The third-order valence-corrected chi connectivity index (χ3v) is 3.50. The largest absolute Gasteiger partial charge is 0.381 e. The molecule has 2 rings (SSSR count). The van der Waals surface area contributed by atoms with Gasteiger partial charge in [-0.25, -0.2) is 0 Å². The molecule has 2 fully saturated rings. The summed E-state index contributed by atoms with van der Waals surface area (Å²) in [4.78, 5) is 11.7. The lowest BCUT2D eigenvalue weighted by atomic mass is 9.77. The summed E-state index contributed by atoms with van der Waals surface area (Å²) in [6, 6.07) is 0. The van der Waals surface area contributed by atoms with E-state index in [0.717, 1.165) is 51.9 Å². The standard InChI is InChI=1S/C11H20N2O2/c12-11(4-2-5-11)10(14)13-7-9-3-1-6-15-8-9/h9H,1-8,12H2,(H,13,14). The maximum Gasteiger partial charge on any atom is 0.240 e. The molecule has 1 saturated carbocycles. The van der Waals surface area contributed by atoms with Crippen molar-refractivity contribution in [3.8, 4) is 0 Å². The van der Waals surface area contributed by atoms with Crippen molar-refractivity contribution in [2.45, 2.75) is 37.6 Å². The normalized spacial score (nSPS) is 29.3. The molecule has 0 aromatic rings. The highest BCUT2D eigenvalue weighted by Gasteiger charge is 2.40. The molecule has 1 unspecified atom stereocenters. The van der Waals surface area contributed by atoms with E-state index in [1.54, 1.807) is 0 Å². The number of hydrogen-bond donors (Lipinski definition) is 2. The number of amides is 1. The Bertz CT molecular complexity index is 233. The van der Waals surface area contributed by atoms with Crippen molar-refractivity contribution in [2.75, 3.05) is 19.8 Å². The molecule has 0 aromatic heterocycles. The van der Waals surface area contributed by atoms with Gasteiger partial charge in [0.05, 0.1) is 12.1 Å². The smallest absolute Gasteiger partial charge is 0.240 e. The van der Waals surface area contributed by atoms with Crippen LogP contribution in [0.25, 0.3) is 0 Å². The molecule has 4 heteroatoms. The van der Waals surface area contributed by atoms with E-state index in [9.17, 15) is 4.79 Å². The number of ether oxygens (including phenoxy) is 1. The minimum absolute atomic E-state index is 0.0272. The lowest BCUT2D eigenvalue weighted by molar-refractivity contribution is -0.129. The third kappa shape index (κ3) is 2.49. The Morgan fingerprint density at radius 3 is 2.80 bits per heavy atom. The van der Waals surface area contributed by atoms with Crippen molar-refractivity contribution in [3.05, 3.63) is 0 Å². The quantitative estimate of drug-likeness (QED) is 0.712. The molecule has 1 atom stereocenters. The van der Waals surface area contributed by atoms with E-state index >= 15 is 0 Å². The van der Waals surface area contributed by atoms with Gasteiger partial charge in [-0.2, -0.15) is 0 Å². The van der Waals surface area contributed by atoms with Gasteiger partial charge in [-0.15, -0.1) is 0 Å². The van der Waals surface area contributed by atoms with E-state index in [0.29, 0.717) is 5.92 Å². The molecule has 1 aliphatic carbocycles. The van der Waals surface area contributed by atoms with Gasteiger partial charge in [0.25, 0.3) is 0 Å². The first-order valence-electron chi connectivity index (χ1n) is 5.86. The minimum atomic E-state index is -0.560. The highest BCUT2D eigenvalue weighted by Crippen LogP contribution is 2.29. The highest BCUT2D eigenvalue weighted by atomic mass is 16.5. The summed E-state index contributed by atoms with van der Waals surface area (Å²) in [5.74, 6) is 0.505. The Labute approximate surface area is 90.5 Å². The fourth-order valence-corrected chi connectivity index (χ4v) is 2.17. The van der Waals surface area contributed by atoms with Crippen LogP contribution in [0.4, 0.5) is 0 Å². The predicted molar refractivity (Wildman–Crippen MR) is 57.3 cm³/mol. The van der Waals surface area contributed by atoms with E-state index in [1.165, 1.54) is 0 Å². The monoisotopic (exact) mass is 212 g/mol. The fourth-order valence-electron chi connectivity index (χ4n) is 2.17. The molecule has 1 aliphatic heterocycles. The molecule has 0 bridgehead atoms. The van der Waals surface area contributed by atoms with E-state index < -0.39 is 5.54 Å². The summed E-state index contributed by atoms with van der Waals surface area (Å²) in [7, 11) is 0. The maximum atomic E-state index is 11.7. The van der Waals surface area contributed by atoms with Crippen molar-refractivity contribution >= 4 is 5.91 Å². The minimum Gasteiger partial charge on any atom is -0.381 e. The van der Waals surface area contributed by atoms with Crippen LogP contribution in [0.3, 0.4) is 0 Å². The van der Waals surface area contributed by atoms with Gasteiger partial charge >= 0.3 is 0 Å². The van der Waals surface area contributed by atoms with E-state index in [-0.39, 0.29) is 5.91 Å². The number of nitrogens with two attached hydrogens (primary N) is 1. The van der Waals surface area contributed by atoms with Crippen LogP contribution in [-0.2, 0) is 9.53 Å². The summed E-state index contributed by atoms with van der Waals surface area (Å²) >= 11 is 0. The van der Waals surface area contributed by atoms with Crippen LogP contribution in [0.2, 0.25) is 0 Å². The Kier molecular flexibility index (Phi) is 3.26.